The monoisotopic (exact) mass is 451 g/mol. The van der Waals surface area contributed by atoms with Gasteiger partial charge in [-0.3, -0.25) is 0 Å². The summed E-state index contributed by atoms with van der Waals surface area (Å²) in [4.78, 5) is 23.4. The quantitative estimate of drug-likeness (QED) is 0.448. The van der Waals surface area contributed by atoms with Crippen molar-refractivity contribution < 1.29 is 14.6 Å². The molecule has 5 rings (SSSR count). The third kappa shape index (κ3) is 4.22. The number of nitrogens with zero attached hydrogens (tertiary/aromatic N) is 3. The maximum atomic E-state index is 11.9. The van der Waals surface area contributed by atoms with Crippen molar-refractivity contribution in [3.8, 4) is 5.75 Å². The third-order valence-corrected chi connectivity index (χ3v) is 6.25. The van der Waals surface area contributed by atoms with Crippen molar-refractivity contribution in [1.29, 1.82) is 0 Å². The zero-order valence-corrected chi connectivity index (χ0v) is 18.9. The summed E-state index contributed by atoms with van der Waals surface area (Å²) in [6.45, 7) is 0.718. The Morgan fingerprint density at radius 2 is 1.85 bits per heavy atom. The van der Waals surface area contributed by atoms with Gasteiger partial charge in [-0.05, 0) is 40.8 Å². The average Bonchev–Trinajstić information content (AvgIpc) is 2.88. The van der Waals surface area contributed by atoms with Gasteiger partial charge in [-0.15, -0.1) is 0 Å². The highest BCUT2D eigenvalue weighted by Crippen LogP contribution is 2.38. The summed E-state index contributed by atoms with van der Waals surface area (Å²) >= 11 is 0. The molecule has 1 aliphatic heterocycles. The fraction of sp³-hybridized carbons (Fsp3) is 0.179. The minimum atomic E-state index is -1.02. The number of anilines is 1. The van der Waals surface area contributed by atoms with Crippen molar-refractivity contribution in [2.45, 2.75) is 18.9 Å². The van der Waals surface area contributed by atoms with Gasteiger partial charge < -0.3 is 14.7 Å². The molecule has 3 aromatic carbocycles. The molecule has 0 unspecified atom stereocenters. The van der Waals surface area contributed by atoms with Gasteiger partial charge in [0, 0.05) is 19.2 Å². The van der Waals surface area contributed by atoms with Gasteiger partial charge in [0.15, 0.2) is 0 Å². The number of rotatable bonds is 6. The predicted octanol–water partition coefficient (Wildman–Crippen LogP) is 4.93. The molecule has 34 heavy (non-hydrogen) atoms. The molecular formula is C28H25N3O3. The molecule has 1 aliphatic rings. The fourth-order valence-corrected chi connectivity index (χ4v) is 4.60. The van der Waals surface area contributed by atoms with Crippen LogP contribution in [-0.2, 0) is 12.8 Å². The molecule has 0 fully saturated rings. The average molecular weight is 452 g/mol. The highest BCUT2D eigenvalue weighted by molar-refractivity contribution is 5.88. The number of carbonyl (C=O) groups is 1. The van der Waals surface area contributed by atoms with Crippen molar-refractivity contribution >= 4 is 11.9 Å². The Kier molecular flexibility index (Phi) is 5.95. The van der Waals surface area contributed by atoms with Crippen LogP contribution in [0.2, 0.25) is 0 Å². The predicted molar refractivity (Wildman–Crippen MR) is 131 cm³/mol. The van der Waals surface area contributed by atoms with E-state index in [0.29, 0.717) is 18.1 Å². The normalized spacial score (nSPS) is 15.0. The van der Waals surface area contributed by atoms with Crippen molar-refractivity contribution in [1.82, 2.24) is 9.97 Å². The molecular weight excluding hydrogens is 426 g/mol. The Bertz CT molecular complexity index is 1320. The van der Waals surface area contributed by atoms with Gasteiger partial charge in [-0.25, -0.2) is 14.8 Å². The first kappa shape index (κ1) is 21.6. The molecule has 170 valence electrons. The molecule has 4 aromatic rings. The van der Waals surface area contributed by atoms with E-state index in [1.165, 1.54) is 17.3 Å². The Morgan fingerprint density at radius 1 is 1.06 bits per heavy atom. The summed E-state index contributed by atoms with van der Waals surface area (Å²) in [5.74, 6) is 0.288. The number of aromatic nitrogens is 2. The summed E-state index contributed by atoms with van der Waals surface area (Å²) in [7, 11) is 1.66. The van der Waals surface area contributed by atoms with Crippen LogP contribution in [0.25, 0.3) is 0 Å². The smallest absolute Gasteiger partial charge is 0.339 e. The second kappa shape index (κ2) is 9.35. The summed E-state index contributed by atoms with van der Waals surface area (Å²) in [5.41, 5.74) is 5.19. The van der Waals surface area contributed by atoms with Gasteiger partial charge in [-0.1, -0.05) is 66.7 Å². The van der Waals surface area contributed by atoms with Crippen LogP contribution in [0.1, 0.15) is 44.3 Å². The lowest BCUT2D eigenvalue weighted by atomic mass is 9.88. The lowest BCUT2D eigenvalue weighted by Gasteiger charge is -2.38. The molecule has 0 amide bonds. The van der Waals surface area contributed by atoms with Crippen LogP contribution in [0, 0.1) is 0 Å². The largest absolute Gasteiger partial charge is 0.497 e. The Labute approximate surface area is 198 Å². The molecule has 0 radical (unpaired) electrons. The molecule has 0 aliphatic carbocycles. The van der Waals surface area contributed by atoms with Gasteiger partial charge in [0.05, 0.1) is 24.4 Å². The highest BCUT2D eigenvalue weighted by atomic mass is 16.5. The van der Waals surface area contributed by atoms with Gasteiger partial charge in [0.2, 0.25) is 5.95 Å². The lowest BCUT2D eigenvalue weighted by Crippen LogP contribution is -2.37. The molecule has 2 heterocycles. The number of aromatic carboxylic acids is 1. The second-order valence-electron chi connectivity index (χ2n) is 8.32. The van der Waals surface area contributed by atoms with E-state index in [1.54, 1.807) is 7.11 Å². The maximum absolute atomic E-state index is 11.9. The van der Waals surface area contributed by atoms with E-state index in [0.717, 1.165) is 29.8 Å². The number of fused-ring (bicyclic) bond motifs is 1. The van der Waals surface area contributed by atoms with Crippen LogP contribution >= 0.6 is 0 Å². The molecule has 1 N–H and O–H groups in total. The first-order valence-corrected chi connectivity index (χ1v) is 11.3. The van der Waals surface area contributed by atoms with E-state index >= 15 is 0 Å². The van der Waals surface area contributed by atoms with Crippen LogP contribution < -0.4 is 9.64 Å². The van der Waals surface area contributed by atoms with Crippen molar-refractivity contribution in [3.63, 3.8) is 0 Å². The first-order chi connectivity index (χ1) is 16.6. The maximum Gasteiger partial charge on any atom is 0.339 e. The molecule has 0 saturated carbocycles. The van der Waals surface area contributed by atoms with Crippen molar-refractivity contribution in [3.05, 3.63) is 119 Å². The van der Waals surface area contributed by atoms with Gasteiger partial charge in [-0.2, -0.15) is 0 Å². The van der Waals surface area contributed by atoms with E-state index in [9.17, 15) is 9.90 Å². The molecule has 6 heteroatoms. The molecule has 6 nitrogen and oxygen atoms in total. The lowest BCUT2D eigenvalue weighted by molar-refractivity contribution is 0.0695. The van der Waals surface area contributed by atoms with Crippen molar-refractivity contribution in [2.24, 2.45) is 0 Å². The van der Waals surface area contributed by atoms with E-state index in [1.807, 2.05) is 54.6 Å². The van der Waals surface area contributed by atoms with Crippen LogP contribution in [0.4, 0.5) is 5.95 Å². The van der Waals surface area contributed by atoms with Gasteiger partial charge in [0.1, 0.15) is 5.75 Å². The SMILES string of the molecule is COc1cccc([C@H]2c3ccccc3CCN2c2ncc(C(=O)O)c(Cc3ccccc3)n2)c1. The van der Waals surface area contributed by atoms with Gasteiger partial charge in [0.25, 0.3) is 0 Å². The molecule has 1 aromatic heterocycles. The molecule has 0 saturated heterocycles. The van der Waals surface area contributed by atoms with E-state index in [-0.39, 0.29) is 11.6 Å². The zero-order valence-electron chi connectivity index (χ0n) is 18.9. The second-order valence-corrected chi connectivity index (χ2v) is 8.32. The number of hydrogen-bond donors (Lipinski definition) is 1. The highest BCUT2D eigenvalue weighted by Gasteiger charge is 2.31. The Balaban J connectivity index is 1.61. The molecule has 0 spiro atoms. The number of carboxylic acid groups (broad SMARTS) is 1. The standard InChI is InChI=1S/C28H25N3O3/c1-34-22-12-7-11-21(17-22)26-23-13-6-5-10-20(23)14-15-31(26)28-29-18-24(27(32)33)25(30-28)16-19-8-3-2-4-9-19/h2-13,17-18,26H,14-16H2,1H3,(H,32,33)/t26-/m0/s1. The third-order valence-electron chi connectivity index (χ3n) is 6.25. The van der Waals surface area contributed by atoms with Crippen LogP contribution in [0.15, 0.2) is 85.1 Å². The van der Waals surface area contributed by atoms with Gasteiger partial charge >= 0.3 is 5.97 Å². The Hall–Kier alpha value is -4.19. The summed E-state index contributed by atoms with van der Waals surface area (Å²) in [6, 6.07) is 26.1. The minimum Gasteiger partial charge on any atom is -0.497 e. The molecule has 1 atom stereocenters. The number of carboxylic acids is 1. The topological polar surface area (TPSA) is 75.5 Å². The number of benzene rings is 3. The summed E-state index contributed by atoms with van der Waals surface area (Å²) in [5, 5.41) is 9.76. The Morgan fingerprint density at radius 3 is 2.65 bits per heavy atom. The number of methoxy groups -OCH3 is 1. The fourth-order valence-electron chi connectivity index (χ4n) is 4.60. The van der Waals surface area contributed by atoms with Crippen LogP contribution in [0.5, 0.6) is 5.75 Å². The number of ether oxygens (including phenoxy) is 1. The minimum absolute atomic E-state index is 0.111. The first-order valence-electron chi connectivity index (χ1n) is 11.3. The van der Waals surface area contributed by atoms with Crippen LogP contribution in [0.3, 0.4) is 0 Å². The van der Waals surface area contributed by atoms with Crippen LogP contribution in [-0.4, -0.2) is 34.7 Å². The van der Waals surface area contributed by atoms with E-state index in [4.69, 9.17) is 9.72 Å². The number of hydrogen-bond acceptors (Lipinski definition) is 5. The summed E-state index contributed by atoms with van der Waals surface area (Å²) < 4.78 is 5.49. The summed E-state index contributed by atoms with van der Waals surface area (Å²) in [6.07, 6.45) is 2.72. The zero-order chi connectivity index (χ0) is 23.5. The van der Waals surface area contributed by atoms with E-state index in [2.05, 4.69) is 34.1 Å². The van der Waals surface area contributed by atoms with E-state index < -0.39 is 5.97 Å². The molecule has 0 bridgehead atoms. The van der Waals surface area contributed by atoms with Crippen molar-refractivity contribution in [2.75, 3.05) is 18.6 Å².